The Morgan fingerprint density at radius 3 is 2.67 bits per heavy atom. The third kappa shape index (κ3) is 4.67. The summed E-state index contributed by atoms with van der Waals surface area (Å²) in [6.45, 7) is 0. The van der Waals surface area contributed by atoms with Crippen molar-refractivity contribution in [3.63, 3.8) is 0 Å². The largest absolute Gasteiger partial charge is 0.466 e. The lowest BCUT2D eigenvalue weighted by Gasteiger charge is -2.08. The highest BCUT2D eigenvalue weighted by Crippen LogP contribution is 2.21. The van der Waals surface area contributed by atoms with Crippen LogP contribution in [-0.2, 0) is 14.7 Å². The topological polar surface area (TPSA) is 114 Å². The van der Waals surface area contributed by atoms with Crippen molar-refractivity contribution in [3.05, 3.63) is 47.4 Å². The Labute approximate surface area is 125 Å². The molecule has 1 heterocycles. The maximum absolute atomic E-state index is 10.4. The van der Waals surface area contributed by atoms with Gasteiger partial charge in [-0.1, -0.05) is 35.0 Å². The molecule has 0 fully saturated rings. The number of para-hydroxylation sites is 1. The summed E-state index contributed by atoms with van der Waals surface area (Å²) in [7, 11) is -4.68. The predicted molar refractivity (Wildman–Crippen MR) is 77.0 cm³/mol. The number of nitrogens with zero attached hydrogens (tertiary/aromatic N) is 3. The number of aromatic nitrogens is 2. The fourth-order valence-electron chi connectivity index (χ4n) is 1.37. The molecule has 8 nitrogen and oxygen atoms in total. The molecule has 0 aliphatic rings. The normalized spacial score (nSPS) is 11.5. The highest BCUT2D eigenvalue weighted by atomic mass is 35.5. The first kappa shape index (κ1) is 15.2. The number of halogens is 1. The molecule has 0 spiro atoms. The van der Waals surface area contributed by atoms with Crippen LogP contribution in [0.25, 0.3) is 0 Å². The average Bonchev–Trinajstić information content (AvgIpc) is 2.42. The molecule has 2 N–H and O–H groups in total. The van der Waals surface area contributed by atoms with Gasteiger partial charge in [0.15, 0.2) is 0 Å². The average molecular weight is 329 g/mol. The monoisotopic (exact) mass is 328 g/mol. The summed E-state index contributed by atoms with van der Waals surface area (Å²) in [5.74, 6) is 0.295. The molecule has 0 aliphatic carbocycles. The van der Waals surface area contributed by atoms with E-state index in [9.17, 15) is 8.42 Å². The van der Waals surface area contributed by atoms with Crippen LogP contribution in [0.1, 0.15) is 5.56 Å². The van der Waals surface area contributed by atoms with Gasteiger partial charge in [0.2, 0.25) is 0 Å². The molecule has 0 saturated carbocycles. The third-order valence-corrected chi connectivity index (χ3v) is 2.77. The summed E-state index contributed by atoms with van der Waals surface area (Å²) in [5.41, 5.74) is 0.935. The number of benzene rings is 1. The van der Waals surface area contributed by atoms with Gasteiger partial charge in [0.1, 0.15) is 17.3 Å². The van der Waals surface area contributed by atoms with Gasteiger partial charge in [-0.05, 0) is 12.1 Å². The van der Waals surface area contributed by atoms with Crippen molar-refractivity contribution in [2.75, 3.05) is 5.32 Å². The molecule has 0 radical (unpaired) electrons. The van der Waals surface area contributed by atoms with E-state index in [0.717, 1.165) is 11.9 Å². The molecule has 0 atom stereocenters. The van der Waals surface area contributed by atoms with Gasteiger partial charge in [-0.2, -0.15) is 8.42 Å². The first-order valence-corrected chi connectivity index (χ1v) is 7.22. The van der Waals surface area contributed by atoms with Crippen molar-refractivity contribution >= 4 is 39.7 Å². The molecule has 10 heteroatoms. The van der Waals surface area contributed by atoms with Crippen molar-refractivity contribution in [3.8, 4) is 0 Å². The van der Waals surface area contributed by atoms with E-state index >= 15 is 0 Å². The number of nitrogens with one attached hydrogen (secondary N) is 1. The molecule has 2 aromatic rings. The SMILES string of the molecule is O=S(=O)(O)O/N=C/c1c(Cl)ncnc1Nc1ccccc1. The van der Waals surface area contributed by atoms with Crippen molar-refractivity contribution < 1.29 is 17.3 Å². The Balaban J connectivity index is 2.28. The summed E-state index contributed by atoms with van der Waals surface area (Å²) in [5, 5.41) is 6.11. The smallest absolute Gasteiger partial charge is 0.340 e. The van der Waals surface area contributed by atoms with Crippen LogP contribution in [0.4, 0.5) is 11.5 Å². The van der Waals surface area contributed by atoms with Crippen LogP contribution in [0.15, 0.2) is 41.8 Å². The minimum absolute atomic E-state index is 0.0334. The number of anilines is 2. The summed E-state index contributed by atoms with van der Waals surface area (Å²) >= 11 is 5.90. The van der Waals surface area contributed by atoms with Crippen molar-refractivity contribution in [2.45, 2.75) is 0 Å². The van der Waals surface area contributed by atoms with Gasteiger partial charge in [-0.25, -0.2) is 14.3 Å². The standard InChI is InChI=1S/C11H9ClN4O4S/c12-10-9(6-15-20-21(17,18)19)11(14-7-13-10)16-8-4-2-1-3-5-8/h1-7H,(H,13,14,16)(H,17,18,19)/b15-6+. The number of hydrogen-bond donors (Lipinski definition) is 2. The second-order valence-electron chi connectivity index (χ2n) is 3.65. The summed E-state index contributed by atoms with van der Waals surface area (Å²) in [6, 6.07) is 9.08. The Hall–Kier alpha value is -2.23. The Morgan fingerprint density at radius 2 is 2.00 bits per heavy atom. The molecule has 2 rings (SSSR count). The van der Waals surface area contributed by atoms with E-state index < -0.39 is 10.4 Å². The first-order valence-electron chi connectivity index (χ1n) is 5.48. The maximum Gasteiger partial charge on any atom is 0.466 e. The molecule has 1 aromatic heterocycles. The van der Waals surface area contributed by atoms with Gasteiger partial charge in [-0.15, -0.1) is 0 Å². The van der Waals surface area contributed by atoms with Crippen molar-refractivity contribution in [2.24, 2.45) is 5.16 Å². The molecule has 21 heavy (non-hydrogen) atoms. The molecule has 0 saturated heterocycles. The van der Waals surface area contributed by atoms with Gasteiger partial charge in [0.05, 0.1) is 11.8 Å². The second-order valence-corrected chi connectivity index (χ2v) is 5.02. The Morgan fingerprint density at radius 1 is 1.29 bits per heavy atom. The van der Waals surface area contributed by atoms with Crippen molar-refractivity contribution in [1.29, 1.82) is 0 Å². The van der Waals surface area contributed by atoms with Crippen LogP contribution >= 0.6 is 11.6 Å². The quantitative estimate of drug-likeness (QED) is 0.373. The van der Waals surface area contributed by atoms with Crippen LogP contribution in [-0.4, -0.2) is 29.2 Å². The fraction of sp³-hybridized carbons (Fsp3) is 0. The van der Waals surface area contributed by atoms with E-state index in [1.165, 1.54) is 6.33 Å². The van der Waals surface area contributed by atoms with Crippen LogP contribution in [0.3, 0.4) is 0 Å². The molecule has 0 amide bonds. The van der Waals surface area contributed by atoms with Gasteiger partial charge in [-0.3, -0.25) is 4.55 Å². The number of oxime groups is 1. The molecular weight excluding hydrogens is 320 g/mol. The van der Waals surface area contributed by atoms with Crippen LogP contribution < -0.4 is 5.32 Å². The summed E-state index contributed by atoms with van der Waals surface area (Å²) < 4.78 is 33.1. The van der Waals surface area contributed by atoms with Crippen molar-refractivity contribution in [1.82, 2.24) is 9.97 Å². The minimum Gasteiger partial charge on any atom is -0.340 e. The first-order chi connectivity index (χ1) is 9.96. The molecule has 1 aromatic carbocycles. The zero-order valence-electron chi connectivity index (χ0n) is 10.3. The van der Waals surface area contributed by atoms with Crippen LogP contribution in [0.2, 0.25) is 5.15 Å². The zero-order chi connectivity index (χ0) is 15.3. The van der Waals surface area contributed by atoms with Crippen LogP contribution in [0, 0.1) is 0 Å². The highest BCUT2D eigenvalue weighted by Gasteiger charge is 2.09. The van der Waals surface area contributed by atoms with Gasteiger partial charge < -0.3 is 5.32 Å². The molecule has 0 bridgehead atoms. The minimum atomic E-state index is -4.68. The second kappa shape index (κ2) is 6.48. The lowest BCUT2D eigenvalue weighted by atomic mass is 10.3. The van der Waals surface area contributed by atoms with E-state index in [-0.39, 0.29) is 10.7 Å². The third-order valence-electron chi connectivity index (χ3n) is 2.19. The molecule has 0 aliphatic heterocycles. The van der Waals surface area contributed by atoms with Gasteiger partial charge >= 0.3 is 10.4 Å². The predicted octanol–water partition coefficient (Wildman–Crippen LogP) is 2.03. The number of hydrogen-bond acceptors (Lipinski definition) is 7. The summed E-state index contributed by atoms with van der Waals surface area (Å²) in [4.78, 5) is 7.74. The van der Waals surface area contributed by atoms with E-state index in [4.69, 9.17) is 16.2 Å². The number of rotatable bonds is 5. The highest BCUT2D eigenvalue weighted by molar-refractivity contribution is 7.80. The Bertz CT molecular complexity index is 752. The van der Waals surface area contributed by atoms with E-state index in [1.54, 1.807) is 12.1 Å². The lowest BCUT2D eigenvalue weighted by molar-refractivity contribution is 0.284. The van der Waals surface area contributed by atoms with Gasteiger partial charge in [0, 0.05) is 5.69 Å². The van der Waals surface area contributed by atoms with E-state index in [2.05, 4.69) is 24.7 Å². The lowest BCUT2D eigenvalue weighted by Crippen LogP contribution is -2.02. The molecule has 110 valence electrons. The maximum atomic E-state index is 10.4. The van der Waals surface area contributed by atoms with E-state index in [0.29, 0.717) is 5.82 Å². The summed E-state index contributed by atoms with van der Waals surface area (Å²) in [6.07, 6.45) is 2.20. The fourth-order valence-corrected chi connectivity index (χ4v) is 1.71. The molecular formula is C11H9ClN4O4S. The molecule has 0 unspecified atom stereocenters. The zero-order valence-corrected chi connectivity index (χ0v) is 11.9. The van der Waals surface area contributed by atoms with Gasteiger partial charge in [0.25, 0.3) is 0 Å². The van der Waals surface area contributed by atoms with E-state index in [1.807, 2.05) is 18.2 Å². The Kier molecular flexibility index (Phi) is 4.68. The van der Waals surface area contributed by atoms with Crippen LogP contribution in [0.5, 0.6) is 0 Å².